The zero-order valence-corrected chi connectivity index (χ0v) is 12.6. The number of aliphatic carboxylic acids is 1. The van der Waals surface area contributed by atoms with Crippen LogP contribution in [0.4, 0.5) is 0 Å². The standard InChI is InChI=1S/C16H18N2O5/c1-22-9-10-4-2-3-5-11(10)13-6-7-14(23-13)15(19)18-8-12(17)16(20)21/h2-7,12H,8-9,17H2,1H3,(H,18,19)(H,20,21)/t12-/m1/s1. The maximum atomic E-state index is 11.9. The van der Waals surface area contributed by atoms with Gasteiger partial charge in [0.15, 0.2) is 5.76 Å². The smallest absolute Gasteiger partial charge is 0.322 e. The number of hydrogen-bond donors (Lipinski definition) is 3. The average molecular weight is 318 g/mol. The summed E-state index contributed by atoms with van der Waals surface area (Å²) in [7, 11) is 1.60. The Bertz CT molecular complexity index is 695. The fraction of sp³-hybridized carbons (Fsp3) is 0.250. The SMILES string of the molecule is COCc1ccccc1-c1ccc(C(=O)NC[C@@H](N)C(=O)O)o1. The summed E-state index contributed by atoms with van der Waals surface area (Å²) in [6.45, 7) is 0.246. The number of amides is 1. The first-order chi connectivity index (χ1) is 11.0. The molecule has 0 unspecified atom stereocenters. The van der Waals surface area contributed by atoms with E-state index < -0.39 is 17.9 Å². The number of carboxylic acid groups (broad SMARTS) is 1. The first kappa shape index (κ1) is 16.7. The fourth-order valence-electron chi connectivity index (χ4n) is 2.02. The molecule has 7 nitrogen and oxygen atoms in total. The molecule has 0 saturated carbocycles. The molecule has 1 amide bonds. The van der Waals surface area contributed by atoms with Gasteiger partial charge in [0, 0.05) is 19.2 Å². The van der Waals surface area contributed by atoms with E-state index in [4.69, 9.17) is 20.0 Å². The van der Waals surface area contributed by atoms with Crippen molar-refractivity contribution >= 4 is 11.9 Å². The Kier molecular flexibility index (Phi) is 5.51. The zero-order valence-electron chi connectivity index (χ0n) is 12.6. The van der Waals surface area contributed by atoms with Gasteiger partial charge in [-0.3, -0.25) is 9.59 Å². The zero-order chi connectivity index (χ0) is 16.8. The van der Waals surface area contributed by atoms with Gasteiger partial charge in [0.05, 0.1) is 6.61 Å². The quantitative estimate of drug-likeness (QED) is 0.707. The number of carboxylic acids is 1. The Labute approximate surface area is 133 Å². The van der Waals surface area contributed by atoms with Crippen molar-refractivity contribution in [2.75, 3.05) is 13.7 Å². The molecular formula is C16H18N2O5. The van der Waals surface area contributed by atoms with E-state index >= 15 is 0 Å². The molecule has 0 aliphatic heterocycles. The summed E-state index contributed by atoms with van der Waals surface area (Å²) in [6.07, 6.45) is 0. The number of ether oxygens (including phenoxy) is 1. The molecule has 2 rings (SSSR count). The molecule has 0 spiro atoms. The second kappa shape index (κ2) is 7.57. The number of carbonyl (C=O) groups excluding carboxylic acids is 1. The molecule has 122 valence electrons. The van der Waals surface area contributed by atoms with E-state index in [1.54, 1.807) is 13.2 Å². The predicted molar refractivity (Wildman–Crippen MR) is 82.8 cm³/mol. The Balaban J connectivity index is 2.11. The van der Waals surface area contributed by atoms with Crippen molar-refractivity contribution in [2.24, 2.45) is 5.73 Å². The summed E-state index contributed by atoms with van der Waals surface area (Å²) in [4.78, 5) is 22.6. The highest BCUT2D eigenvalue weighted by Crippen LogP contribution is 2.26. The number of hydrogen-bond acceptors (Lipinski definition) is 5. The first-order valence-electron chi connectivity index (χ1n) is 6.96. The molecule has 1 aromatic carbocycles. The molecule has 7 heteroatoms. The summed E-state index contributed by atoms with van der Waals surface area (Å²) in [5, 5.41) is 11.1. The van der Waals surface area contributed by atoms with Crippen LogP contribution in [0.15, 0.2) is 40.8 Å². The van der Waals surface area contributed by atoms with Crippen molar-refractivity contribution in [2.45, 2.75) is 12.6 Å². The lowest BCUT2D eigenvalue weighted by atomic mass is 10.1. The molecule has 0 saturated heterocycles. The molecular weight excluding hydrogens is 300 g/mol. The topological polar surface area (TPSA) is 115 Å². The molecule has 0 aliphatic carbocycles. The van der Waals surface area contributed by atoms with Crippen LogP contribution in [0.5, 0.6) is 0 Å². The van der Waals surface area contributed by atoms with Gasteiger partial charge in [-0.15, -0.1) is 0 Å². The van der Waals surface area contributed by atoms with E-state index in [-0.39, 0.29) is 12.3 Å². The average Bonchev–Trinajstić information content (AvgIpc) is 3.03. The highest BCUT2D eigenvalue weighted by molar-refractivity contribution is 5.92. The maximum Gasteiger partial charge on any atom is 0.322 e. The van der Waals surface area contributed by atoms with Crippen LogP contribution in [0.3, 0.4) is 0 Å². The number of furan rings is 1. The molecule has 0 radical (unpaired) electrons. The van der Waals surface area contributed by atoms with Crippen molar-refractivity contribution in [3.63, 3.8) is 0 Å². The van der Waals surface area contributed by atoms with Crippen molar-refractivity contribution < 1.29 is 23.8 Å². The molecule has 1 aromatic heterocycles. The van der Waals surface area contributed by atoms with Gasteiger partial charge < -0.3 is 25.3 Å². The van der Waals surface area contributed by atoms with Gasteiger partial charge in [0.2, 0.25) is 0 Å². The van der Waals surface area contributed by atoms with Gasteiger partial charge in [-0.2, -0.15) is 0 Å². The largest absolute Gasteiger partial charge is 0.480 e. The molecule has 2 aromatic rings. The van der Waals surface area contributed by atoms with Crippen molar-refractivity contribution in [3.8, 4) is 11.3 Å². The molecule has 0 aliphatic rings. The van der Waals surface area contributed by atoms with Crippen LogP contribution in [0.2, 0.25) is 0 Å². The van der Waals surface area contributed by atoms with Crippen LogP contribution >= 0.6 is 0 Å². The third-order valence-electron chi connectivity index (χ3n) is 3.21. The Morgan fingerprint density at radius 2 is 2.04 bits per heavy atom. The highest BCUT2D eigenvalue weighted by Gasteiger charge is 2.17. The van der Waals surface area contributed by atoms with Gasteiger partial charge in [-0.1, -0.05) is 24.3 Å². The minimum absolute atomic E-state index is 0.0878. The summed E-state index contributed by atoms with van der Waals surface area (Å²) >= 11 is 0. The van der Waals surface area contributed by atoms with E-state index in [9.17, 15) is 9.59 Å². The summed E-state index contributed by atoms with van der Waals surface area (Å²) in [6, 6.07) is 9.59. The number of rotatable bonds is 7. The number of nitrogens with one attached hydrogen (secondary N) is 1. The van der Waals surface area contributed by atoms with Crippen molar-refractivity contribution in [1.29, 1.82) is 0 Å². The maximum absolute atomic E-state index is 11.9. The Morgan fingerprint density at radius 1 is 1.30 bits per heavy atom. The molecule has 23 heavy (non-hydrogen) atoms. The number of benzene rings is 1. The first-order valence-corrected chi connectivity index (χ1v) is 6.96. The molecule has 0 fully saturated rings. The third-order valence-corrected chi connectivity index (χ3v) is 3.21. The van der Waals surface area contributed by atoms with E-state index in [1.165, 1.54) is 6.07 Å². The second-order valence-electron chi connectivity index (χ2n) is 4.91. The normalized spacial score (nSPS) is 11.9. The molecule has 4 N–H and O–H groups in total. The van der Waals surface area contributed by atoms with Crippen molar-refractivity contribution in [3.05, 3.63) is 47.7 Å². The lowest BCUT2D eigenvalue weighted by Gasteiger charge is -2.07. The lowest BCUT2D eigenvalue weighted by molar-refractivity contribution is -0.138. The third kappa shape index (κ3) is 4.18. The van der Waals surface area contributed by atoms with E-state index in [0.29, 0.717) is 12.4 Å². The van der Waals surface area contributed by atoms with E-state index in [1.807, 2.05) is 24.3 Å². The van der Waals surface area contributed by atoms with Gasteiger partial charge in [0.25, 0.3) is 5.91 Å². The Morgan fingerprint density at radius 3 is 2.74 bits per heavy atom. The summed E-state index contributed by atoms with van der Waals surface area (Å²) in [5.74, 6) is -1.08. The molecule has 1 atom stereocenters. The lowest BCUT2D eigenvalue weighted by Crippen LogP contribution is -2.42. The van der Waals surface area contributed by atoms with Crippen LogP contribution in [0.1, 0.15) is 16.1 Å². The summed E-state index contributed by atoms with van der Waals surface area (Å²) < 4.78 is 10.7. The van der Waals surface area contributed by atoms with Crippen LogP contribution in [-0.4, -0.2) is 36.7 Å². The minimum Gasteiger partial charge on any atom is -0.480 e. The number of methoxy groups -OCH3 is 1. The van der Waals surface area contributed by atoms with Gasteiger partial charge >= 0.3 is 5.97 Å². The highest BCUT2D eigenvalue weighted by atomic mass is 16.5. The minimum atomic E-state index is -1.18. The van der Waals surface area contributed by atoms with Crippen molar-refractivity contribution in [1.82, 2.24) is 5.32 Å². The monoisotopic (exact) mass is 318 g/mol. The second-order valence-corrected chi connectivity index (χ2v) is 4.91. The van der Waals surface area contributed by atoms with Gasteiger partial charge in [-0.25, -0.2) is 0 Å². The summed E-state index contributed by atoms with van der Waals surface area (Å²) in [5.41, 5.74) is 7.10. The van der Waals surface area contributed by atoms with Crippen LogP contribution in [0, 0.1) is 0 Å². The predicted octanol–water partition coefficient (Wildman–Crippen LogP) is 1.23. The van der Waals surface area contributed by atoms with E-state index in [2.05, 4.69) is 5.32 Å². The van der Waals surface area contributed by atoms with Crippen LogP contribution in [-0.2, 0) is 16.1 Å². The Hall–Kier alpha value is -2.64. The molecule has 1 heterocycles. The number of carbonyl (C=O) groups is 2. The van der Waals surface area contributed by atoms with Crippen LogP contribution < -0.4 is 11.1 Å². The van der Waals surface area contributed by atoms with Gasteiger partial charge in [-0.05, 0) is 17.7 Å². The number of nitrogens with two attached hydrogens (primary N) is 1. The van der Waals surface area contributed by atoms with Crippen LogP contribution in [0.25, 0.3) is 11.3 Å². The molecule has 0 bridgehead atoms. The van der Waals surface area contributed by atoms with E-state index in [0.717, 1.165) is 11.1 Å². The van der Waals surface area contributed by atoms with Gasteiger partial charge in [0.1, 0.15) is 11.8 Å². The fourth-order valence-corrected chi connectivity index (χ4v) is 2.02.